The van der Waals surface area contributed by atoms with Crippen LogP contribution in [0.3, 0.4) is 0 Å². The molecule has 2 aliphatic carbocycles. The number of carbonyl (C=O) groups is 2. The molecule has 2 saturated carbocycles. The Balaban J connectivity index is 1.61. The molecule has 1 unspecified atom stereocenters. The lowest BCUT2D eigenvalue weighted by Gasteiger charge is -2.24. The van der Waals surface area contributed by atoms with E-state index in [-0.39, 0.29) is 23.7 Å². The van der Waals surface area contributed by atoms with Gasteiger partial charge < -0.3 is 10.0 Å². The highest BCUT2D eigenvalue weighted by Crippen LogP contribution is 2.44. The molecule has 3 atom stereocenters. The summed E-state index contributed by atoms with van der Waals surface area (Å²) in [6.45, 7) is 3.22. The second-order valence-corrected chi connectivity index (χ2v) is 7.68. The van der Waals surface area contributed by atoms with E-state index in [1.54, 1.807) is 0 Å². The summed E-state index contributed by atoms with van der Waals surface area (Å²) in [4.78, 5) is 26.2. The lowest BCUT2D eigenvalue weighted by Crippen LogP contribution is -2.35. The number of amides is 1. The molecule has 4 heteroatoms. The quantitative estimate of drug-likeness (QED) is 0.820. The van der Waals surface area contributed by atoms with E-state index >= 15 is 0 Å². The second kappa shape index (κ2) is 6.59. The monoisotopic (exact) mass is 307 g/mol. The van der Waals surface area contributed by atoms with Gasteiger partial charge in [-0.05, 0) is 43.4 Å². The van der Waals surface area contributed by atoms with E-state index in [0.29, 0.717) is 24.9 Å². The summed E-state index contributed by atoms with van der Waals surface area (Å²) >= 11 is 0. The molecule has 0 radical (unpaired) electrons. The highest BCUT2D eigenvalue weighted by atomic mass is 16.4. The van der Waals surface area contributed by atoms with Crippen molar-refractivity contribution in [3.05, 3.63) is 0 Å². The Morgan fingerprint density at radius 3 is 2.36 bits per heavy atom. The normalized spacial score (nSPS) is 30.7. The van der Waals surface area contributed by atoms with Gasteiger partial charge in [0.25, 0.3) is 0 Å². The molecule has 124 valence electrons. The first-order valence-corrected chi connectivity index (χ1v) is 9.11. The molecule has 1 aliphatic heterocycles. The number of carboxylic acid groups (broad SMARTS) is 1. The first kappa shape index (κ1) is 15.8. The van der Waals surface area contributed by atoms with Gasteiger partial charge in [0.05, 0.1) is 5.92 Å². The van der Waals surface area contributed by atoms with Crippen molar-refractivity contribution in [1.29, 1.82) is 0 Å². The Morgan fingerprint density at radius 2 is 1.82 bits per heavy atom. The molecule has 4 nitrogen and oxygen atoms in total. The average Bonchev–Trinajstić information content (AvgIpc) is 3.04. The largest absolute Gasteiger partial charge is 0.481 e. The summed E-state index contributed by atoms with van der Waals surface area (Å²) < 4.78 is 0. The lowest BCUT2D eigenvalue weighted by molar-refractivity contribution is -0.143. The second-order valence-electron chi connectivity index (χ2n) is 7.68. The number of aliphatic carboxylic acids is 1. The van der Waals surface area contributed by atoms with Crippen LogP contribution in [-0.4, -0.2) is 35.0 Å². The van der Waals surface area contributed by atoms with Crippen molar-refractivity contribution < 1.29 is 14.7 Å². The van der Waals surface area contributed by atoms with Crippen LogP contribution in [0.15, 0.2) is 0 Å². The summed E-state index contributed by atoms with van der Waals surface area (Å²) in [6, 6.07) is 0. The molecule has 22 heavy (non-hydrogen) atoms. The number of likely N-dealkylation sites (tertiary alicyclic amines) is 1. The van der Waals surface area contributed by atoms with Crippen LogP contribution in [0, 0.1) is 29.6 Å². The van der Waals surface area contributed by atoms with Crippen LogP contribution < -0.4 is 0 Å². The molecule has 1 amide bonds. The fourth-order valence-corrected chi connectivity index (χ4v) is 4.62. The molecule has 1 N–H and O–H groups in total. The molecule has 1 heterocycles. The van der Waals surface area contributed by atoms with Crippen LogP contribution in [0.1, 0.15) is 58.3 Å². The van der Waals surface area contributed by atoms with E-state index in [9.17, 15) is 14.7 Å². The Labute approximate surface area is 133 Å². The van der Waals surface area contributed by atoms with Crippen LogP contribution in [-0.2, 0) is 9.59 Å². The summed E-state index contributed by atoms with van der Waals surface area (Å²) in [7, 11) is 0. The maximum absolute atomic E-state index is 12.9. The van der Waals surface area contributed by atoms with Crippen LogP contribution in [0.4, 0.5) is 0 Å². The predicted molar refractivity (Wildman–Crippen MR) is 84.3 cm³/mol. The first-order chi connectivity index (χ1) is 10.6. The number of carboxylic acids is 1. The topological polar surface area (TPSA) is 57.6 Å². The van der Waals surface area contributed by atoms with E-state index in [2.05, 4.69) is 6.92 Å². The van der Waals surface area contributed by atoms with Crippen LogP contribution >= 0.6 is 0 Å². The smallest absolute Gasteiger partial charge is 0.308 e. The molecule has 3 fully saturated rings. The fraction of sp³-hybridized carbons (Fsp3) is 0.889. The minimum absolute atomic E-state index is 0.107. The maximum atomic E-state index is 12.9. The summed E-state index contributed by atoms with van der Waals surface area (Å²) in [5.74, 6) is 0.751. The van der Waals surface area contributed by atoms with Gasteiger partial charge in [-0.3, -0.25) is 9.59 Å². The third-order valence-corrected chi connectivity index (χ3v) is 6.16. The van der Waals surface area contributed by atoms with Crippen molar-refractivity contribution in [3.8, 4) is 0 Å². The average molecular weight is 307 g/mol. The number of carbonyl (C=O) groups excluding carboxylic acids is 1. The third-order valence-electron chi connectivity index (χ3n) is 6.16. The minimum atomic E-state index is -0.712. The van der Waals surface area contributed by atoms with E-state index < -0.39 is 5.97 Å². The summed E-state index contributed by atoms with van der Waals surface area (Å²) in [5.41, 5.74) is 0. The fourth-order valence-electron chi connectivity index (χ4n) is 4.62. The Kier molecular flexibility index (Phi) is 4.74. The molecule has 3 rings (SSSR count). The Hall–Kier alpha value is -1.06. The highest BCUT2D eigenvalue weighted by Gasteiger charge is 2.47. The predicted octanol–water partition coefficient (Wildman–Crippen LogP) is 3.16. The standard InChI is InChI=1S/C18H29NO3/c1-2-13(9-12-5-3-4-6-12)17(20)19-10-15(14-7-8-14)16(11-19)18(21)22/h12-16H,2-11H2,1H3,(H,21,22)/t13?,15-,16+/m1/s1. The Bertz CT molecular complexity index is 426. The van der Waals surface area contributed by atoms with Crippen molar-refractivity contribution in [2.45, 2.75) is 58.3 Å². The van der Waals surface area contributed by atoms with Gasteiger partial charge in [0.2, 0.25) is 5.91 Å². The number of nitrogens with zero attached hydrogens (tertiary/aromatic N) is 1. The van der Waals surface area contributed by atoms with Crippen LogP contribution in [0.25, 0.3) is 0 Å². The van der Waals surface area contributed by atoms with Gasteiger partial charge in [-0.1, -0.05) is 32.6 Å². The number of rotatable bonds is 6. The molecule has 0 bridgehead atoms. The zero-order valence-corrected chi connectivity index (χ0v) is 13.7. The van der Waals surface area contributed by atoms with E-state index in [1.165, 1.54) is 25.7 Å². The van der Waals surface area contributed by atoms with Crippen LogP contribution in [0.5, 0.6) is 0 Å². The molecular formula is C18H29NO3. The summed E-state index contributed by atoms with van der Waals surface area (Å²) in [5, 5.41) is 9.45. The van der Waals surface area contributed by atoms with E-state index in [1.807, 2.05) is 4.90 Å². The van der Waals surface area contributed by atoms with Crippen molar-refractivity contribution in [2.24, 2.45) is 29.6 Å². The van der Waals surface area contributed by atoms with Gasteiger partial charge in [0.15, 0.2) is 0 Å². The number of hydrogen-bond donors (Lipinski definition) is 1. The van der Waals surface area contributed by atoms with Gasteiger partial charge in [-0.25, -0.2) is 0 Å². The van der Waals surface area contributed by atoms with Gasteiger partial charge in [0.1, 0.15) is 0 Å². The van der Waals surface area contributed by atoms with E-state index in [0.717, 1.165) is 25.7 Å². The molecule has 3 aliphatic rings. The SMILES string of the molecule is CCC(CC1CCCC1)C(=O)N1C[C@H](C(=O)O)[C@@H](C2CC2)C1. The number of hydrogen-bond acceptors (Lipinski definition) is 2. The van der Waals surface area contributed by atoms with Gasteiger partial charge >= 0.3 is 5.97 Å². The Morgan fingerprint density at radius 1 is 1.14 bits per heavy atom. The zero-order valence-electron chi connectivity index (χ0n) is 13.7. The highest BCUT2D eigenvalue weighted by molar-refractivity contribution is 5.81. The molecule has 0 aromatic rings. The third kappa shape index (κ3) is 3.31. The van der Waals surface area contributed by atoms with Gasteiger partial charge in [-0.2, -0.15) is 0 Å². The first-order valence-electron chi connectivity index (χ1n) is 9.11. The lowest BCUT2D eigenvalue weighted by atomic mass is 9.90. The van der Waals surface area contributed by atoms with Crippen molar-refractivity contribution in [2.75, 3.05) is 13.1 Å². The molecule has 1 saturated heterocycles. The van der Waals surface area contributed by atoms with Crippen LogP contribution in [0.2, 0.25) is 0 Å². The molecule has 0 aromatic carbocycles. The molecular weight excluding hydrogens is 278 g/mol. The zero-order chi connectivity index (χ0) is 15.7. The van der Waals surface area contributed by atoms with Crippen molar-refractivity contribution in [1.82, 2.24) is 4.90 Å². The van der Waals surface area contributed by atoms with Gasteiger partial charge in [-0.15, -0.1) is 0 Å². The summed E-state index contributed by atoms with van der Waals surface area (Å²) in [6.07, 6.45) is 9.35. The maximum Gasteiger partial charge on any atom is 0.308 e. The van der Waals surface area contributed by atoms with Crippen molar-refractivity contribution >= 4 is 11.9 Å². The van der Waals surface area contributed by atoms with E-state index in [4.69, 9.17) is 0 Å². The van der Waals surface area contributed by atoms with Crippen molar-refractivity contribution in [3.63, 3.8) is 0 Å². The molecule has 0 aromatic heterocycles. The van der Waals surface area contributed by atoms with Gasteiger partial charge in [0, 0.05) is 19.0 Å². The minimum Gasteiger partial charge on any atom is -0.481 e. The molecule has 0 spiro atoms.